The number of benzene rings is 2. The van der Waals surface area contributed by atoms with Crippen molar-refractivity contribution in [3.63, 3.8) is 0 Å². The number of halogens is 2. The fourth-order valence-electron chi connectivity index (χ4n) is 5.30. The predicted molar refractivity (Wildman–Crippen MR) is 124 cm³/mol. The van der Waals surface area contributed by atoms with Crippen molar-refractivity contribution < 1.29 is 23.9 Å². The molecule has 8 heteroatoms. The molecule has 1 heterocycles. The Kier molecular flexibility index (Phi) is 5.53. The average molecular weight is 561 g/mol. The zero-order valence-corrected chi connectivity index (χ0v) is 20.0. The molecular formula is C24H19Br2NO5. The molecule has 0 unspecified atom stereocenters. The molecule has 1 saturated heterocycles. The SMILES string of the molecule is O=C(COC(=O)c1cccc(N2C(=O)[C@@H]3[C@H]4C[C@@H]([C@@H](Br)[C@H]4Br)[C@H]3C2=O)c1)c1ccccc1. The first-order valence-electron chi connectivity index (χ1n) is 10.4. The van der Waals surface area contributed by atoms with E-state index in [0.717, 1.165) is 6.42 Å². The molecule has 0 radical (unpaired) electrons. The lowest BCUT2D eigenvalue weighted by Gasteiger charge is -2.28. The standard InChI is InChI=1S/C24H19Br2NO5/c25-20-15-10-16(21(20)26)19-18(15)22(29)27(23(19)30)14-8-4-7-13(9-14)24(31)32-11-17(28)12-5-2-1-3-6-12/h1-9,15-16,18-21H,10-11H2/t15-,16-,18-,19-,20-,21+/m1/s1. The van der Waals surface area contributed by atoms with Crippen LogP contribution >= 0.6 is 31.9 Å². The third kappa shape index (κ3) is 3.35. The first kappa shape index (κ1) is 21.5. The third-order valence-electron chi connectivity index (χ3n) is 6.76. The molecule has 32 heavy (non-hydrogen) atoms. The van der Waals surface area contributed by atoms with Gasteiger partial charge in [0.2, 0.25) is 11.8 Å². The fraction of sp³-hybridized carbons (Fsp3) is 0.333. The van der Waals surface area contributed by atoms with Crippen LogP contribution in [0.1, 0.15) is 27.1 Å². The molecule has 0 aromatic heterocycles. The molecule has 2 aromatic rings. The van der Waals surface area contributed by atoms with E-state index in [1.807, 2.05) is 0 Å². The topological polar surface area (TPSA) is 80.8 Å². The number of carbonyl (C=O) groups is 4. The molecule has 3 aliphatic rings. The molecule has 1 aliphatic heterocycles. The zero-order chi connectivity index (χ0) is 22.6. The van der Waals surface area contributed by atoms with E-state index in [2.05, 4.69) is 31.9 Å². The molecule has 2 aromatic carbocycles. The predicted octanol–water partition coefficient (Wildman–Crippen LogP) is 4.01. The quantitative estimate of drug-likeness (QED) is 0.239. The van der Waals surface area contributed by atoms with E-state index >= 15 is 0 Å². The maximum absolute atomic E-state index is 13.2. The van der Waals surface area contributed by atoms with Gasteiger partial charge in [-0.2, -0.15) is 0 Å². The number of ketones is 1. The third-order valence-corrected chi connectivity index (χ3v) is 9.96. The minimum Gasteiger partial charge on any atom is -0.454 e. The second kappa shape index (κ2) is 8.23. The second-order valence-corrected chi connectivity index (χ2v) is 10.5. The minimum absolute atomic E-state index is 0.118. The van der Waals surface area contributed by atoms with Crippen LogP contribution in [0.25, 0.3) is 0 Å². The van der Waals surface area contributed by atoms with Gasteiger partial charge in [0, 0.05) is 15.2 Å². The van der Waals surface area contributed by atoms with Gasteiger partial charge in [0.05, 0.1) is 23.1 Å². The van der Waals surface area contributed by atoms with E-state index in [1.165, 1.54) is 17.0 Å². The Labute approximate surface area is 201 Å². The number of carbonyl (C=O) groups excluding carboxylic acids is 4. The largest absolute Gasteiger partial charge is 0.454 e. The van der Waals surface area contributed by atoms with Crippen molar-refractivity contribution >= 4 is 61.1 Å². The van der Waals surface area contributed by atoms with E-state index < -0.39 is 5.97 Å². The number of hydrogen-bond donors (Lipinski definition) is 0. The van der Waals surface area contributed by atoms with Crippen molar-refractivity contribution in [1.82, 2.24) is 0 Å². The molecule has 164 valence electrons. The van der Waals surface area contributed by atoms with Gasteiger partial charge in [-0.05, 0) is 36.5 Å². The first-order valence-corrected chi connectivity index (χ1v) is 12.2. The smallest absolute Gasteiger partial charge is 0.338 e. The Morgan fingerprint density at radius 2 is 1.47 bits per heavy atom. The molecule has 2 aliphatic carbocycles. The first-order chi connectivity index (χ1) is 15.4. The van der Waals surface area contributed by atoms with Crippen LogP contribution in [0.2, 0.25) is 0 Å². The number of anilines is 1. The summed E-state index contributed by atoms with van der Waals surface area (Å²) in [5.74, 6) is -1.83. The number of amides is 2. The summed E-state index contributed by atoms with van der Waals surface area (Å²) in [4.78, 5) is 52.7. The summed E-state index contributed by atoms with van der Waals surface area (Å²) in [6.07, 6.45) is 0.855. The van der Waals surface area contributed by atoms with Crippen LogP contribution in [-0.2, 0) is 14.3 Å². The summed E-state index contributed by atoms with van der Waals surface area (Å²) >= 11 is 7.36. The van der Waals surface area contributed by atoms with Gasteiger partial charge in [0.15, 0.2) is 12.4 Å². The van der Waals surface area contributed by atoms with Gasteiger partial charge in [-0.15, -0.1) is 0 Å². The molecule has 2 saturated carbocycles. The number of esters is 1. The lowest BCUT2D eigenvalue weighted by Crippen LogP contribution is -2.37. The van der Waals surface area contributed by atoms with E-state index in [0.29, 0.717) is 11.3 Å². The van der Waals surface area contributed by atoms with Crippen LogP contribution in [0, 0.1) is 23.7 Å². The Balaban J connectivity index is 1.32. The second-order valence-electron chi connectivity index (χ2n) is 8.43. The maximum Gasteiger partial charge on any atom is 0.338 e. The number of ether oxygens (including phenoxy) is 1. The van der Waals surface area contributed by atoms with Crippen LogP contribution < -0.4 is 4.90 Å². The van der Waals surface area contributed by atoms with Crippen LogP contribution in [0.4, 0.5) is 5.69 Å². The summed E-state index contributed by atoms with van der Waals surface area (Å²) in [7, 11) is 0. The normalized spacial score (nSPS) is 30.5. The molecule has 6 nitrogen and oxygen atoms in total. The Morgan fingerprint density at radius 3 is 2.09 bits per heavy atom. The molecule has 0 spiro atoms. The maximum atomic E-state index is 13.2. The summed E-state index contributed by atoms with van der Waals surface area (Å²) in [5.41, 5.74) is 0.995. The van der Waals surface area contributed by atoms with Crippen molar-refractivity contribution in [3.05, 3.63) is 65.7 Å². The average Bonchev–Trinajstić information content (AvgIpc) is 3.42. The van der Waals surface area contributed by atoms with Crippen molar-refractivity contribution in [2.24, 2.45) is 23.7 Å². The van der Waals surface area contributed by atoms with Gasteiger partial charge in [0.25, 0.3) is 0 Å². The number of rotatable bonds is 5. The van der Waals surface area contributed by atoms with Gasteiger partial charge >= 0.3 is 5.97 Å². The highest BCUT2D eigenvalue weighted by molar-refractivity contribution is 9.12. The molecule has 5 rings (SSSR count). The Morgan fingerprint density at radius 1 is 0.875 bits per heavy atom. The molecule has 6 atom stereocenters. The van der Waals surface area contributed by atoms with E-state index in [9.17, 15) is 19.2 Å². The summed E-state index contributed by atoms with van der Waals surface area (Å²) < 4.78 is 5.17. The van der Waals surface area contributed by atoms with Gasteiger partial charge in [0.1, 0.15) is 0 Å². The minimum atomic E-state index is -0.684. The van der Waals surface area contributed by atoms with E-state index in [4.69, 9.17) is 4.74 Å². The molecule has 2 bridgehead atoms. The number of Topliss-reactive ketones (excluding diaryl/α,β-unsaturated/α-hetero) is 1. The van der Waals surface area contributed by atoms with Crippen LogP contribution in [0.15, 0.2) is 54.6 Å². The van der Waals surface area contributed by atoms with E-state index in [1.54, 1.807) is 42.5 Å². The van der Waals surface area contributed by atoms with E-state index in [-0.39, 0.29) is 63.1 Å². The monoisotopic (exact) mass is 559 g/mol. The number of alkyl halides is 2. The Bertz CT molecular complexity index is 1090. The van der Waals surface area contributed by atoms with Crippen LogP contribution in [-0.4, -0.2) is 39.8 Å². The van der Waals surface area contributed by atoms with Gasteiger partial charge in [-0.25, -0.2) is 4.79 Å². The van der Waals surface area contributed by atoms with Gasteiger partial charge in [-0.3, -0.25) is 19.3 Å². The summed E-state index contributed by atoms with van der Waals surface area (Å²) in [6, 6.07) is 14.8. The Hall–Kier alpha value is -2.32. The van der Waals surface area contributed by atoms with Gasteiger partial charge < -0.3 is 4.74 Å². The van der Waals surface area contributed by atoms with Crippen LogP contribution in [0.3, 0.4) is 0 Å². The summed E-state index contributed by atoms with van der Waals surface area (Å²) in [6.45, 7) is -0.387. The zero-order valence-electron chi connectivity index (χ0n) is 16.8. The fourth-order valence-corrected chi connectivity index (χ4v) is 7.17. The van der Waals surface area contributed by atoms with Crippen molar-refractivity contribution in [3.8, 4) is 0 Å². The number of nitrogens with zero attached hydrogens (tertiary/aromatic N) is 1. The number of imide groups is 1. The molecule has 3 fully saturated rings. The number of fused-ring (bicyclic) bond motifs is 5. The van der Waals surface area contributed by atoms with Gasteiger partial charge in [-0.1, -0.05) is 68.3 Å². The van der Waals surface area contributed by atoms with Crippen LogP contribution in [0.5, 0.6) is 0 Å². The lowest BCUT2D eigenvalue weighted by atomic mass is 9.81. The van der Waals surface area contributed by atoms with Crippen molar-refractivity contribution in [1.29, 1.82) is 0 Å². The molecule has 0 N–H and O–H groups in total. The number of hydrogen-bond acceptors (Lipinski definition) is 5. The van der Waals surface area contributed by atoms with Crippen molar-refractivity contribution in [2.75, 3.05) is 11.5 Å². The summed E-state index contributed by atoms with van der Waals surface area (Å²) in [5, 5.41) is 0. The highest BCUT2D eigenvalue weighted by Crippen LogP contribution is 2.60. The highest BCUT2D eigenvalue weighted by Gasteiger charge is 2.66. The lowest BCUT2D eigenvalue weighted by molar-refractivity contribution is -0.123. The highest BCUT2D eigenvalue weighted by atomic mass is 79.9. The molecular weight excluding hydrogens is 542 g/mol. The van der Waals surface area contributed by atoms with Crippen molar-refractivity contribution in [2.45, 2.75) is 16.1 Å². The molecule has 2 amide bonds.